The van der Waals surface area contributed by atoms with Crippen LogP contribution in [-0.2, 0) is 6.54 Å². The number of nitriles is 1. The van der Waals surface area contributed by atoms with Crippen molar-refractivity contribution in [3.05, 3.63) is 100.0 Å². The first-order valence-electron chi connectivity index (χ1n) is 9.39. The zero-order valence-corrected chi connectivity index (χ0v) is 17.5. The number of nitrogens with zero attached hydrogens (tertiary/aromatic N) is 2. The molecule has 4 aromatic rings. The van der Waals surface area contributed by atoms with Crippen molar-refractivity contribution >= 4 is 34.6 Å². The molecular formula is C24H18ClFN4O2. The Labute approximate surface area is 188 Å². The summed E-state index contributed by atoms with van der Waals surface area (Å²) in [6, 6.07) is 17.7. The average Bonchev–Trinajstić information content (AvgIpc) is 3.20. The van der Waals surface area contributed by atoms with Gasteiger partial charge in [0.1, 0.15) is 17.6 Å². The number of hydrogen-bond acceptors (Lipinski definition) is 4. The summed E-state index contributed by atoms with van der Waals surface area (Å²) in [4.78, 5) is 10.6. The number of benzene rings is 3. The van der Waals surface area contributed by atoms with E-state index in [4.69, 9.17) is 33.1 Å². The number of halogens is 2. The minimum atomic E-state index is -0.619. The van der Waals surface area contributed by atoms with Crippen molar-refractivity contribution in [2.24, 2.45) is 5.73 Å². The van der Waals surface area contributed by atoms with E-state index in [1.807, 2.05) is 35.0 Å². The first-order valence-corrected chi connectivity index (χ1v) is 9.77. The molecule has 0 aliphatic heterocycles. The molecule has 0 radical (unpaired) electrons. The Bertz CT molecular complexity index is 1360. The zero-order valence-electron chi connectivity index (χ0n) is 16.7. The number of phenolic OH excluding ortho intramolecular Hbond substituents is 1. The first kappa shape index (κ1) is 22.5. The van der Waals surface area contributed by atoms with Gasteiger partial charge < -0.3 is 20.8 Å². The number of carbonyl (C=O) groups excluding carboxylic acids is 1. The Morgan fingerprint density at radius 3 is 2.69 bits per heavy atom. The number of primary amides is 1. The molecule has 32 heavy (non-hydrogen) atoms. The molecule has 4 N–H and O–H groups in total. The Hall–Kier alpha value is -4.15. The Kier molecular flexibility index (Phi) is 6.88. The smallest absolute Gasteiger partial charge is 0.248 e. The molecule has 8 heteroatoms. The standard InChI is InChI=1S/C16H12ClFN2.C8H6N2O2/c17-15-5-4-13(18)8-12(15)10-20-7-6-14-11(9-19)2-1-3-16(14)20;9-4-6-3-5(8(10)12)1-2-7(6)11/h1-9,19H,10H2;1-3,11H,(H2,10,12). The number of hydrogen-bond donors (Lipinski definition) is 3. The predicted octanol–water partition coefficient (Wildman–Crippen LogP) is 4.84. The lowest BCUT2D eigenvalue weighted by Crippen LogP contribution is -2.10. The van der Waals surface area contributed by atoms with Crippen LogP contribution in [0.4, 0.5) is 4.39 Å². The van der Waals surface area contributed by atoms with E-state index in [0.717, 1.165) is 22.0 Å². The minimum absolute atomic E-state index is 0.0475. The maximum absolute atomic E-state index is 13.3. The second kappa shape index (κ2) is 9.77. The molecular weight excluding hydrogens is 431 g/mol. The van der Waals surface area contributed by atoms with Crippen LogP contribution in [0.3, 0.4) is 0 Å². The number of nitrogens with one attached hydrogen (secondary N) is 1. The van der Waals surface area contributed by atoms with Crippen molar-refractivity contribution in [2.45, 2.75) is 6.54 Å². The third kappa shape index (κ3) is 4.94. The number of phenols is 1. The molecule has 1 aromatic heterocycles. The summed E-state index contributed by atoms with van der Waals surface area (Å²) in [7, 11) is 0. The Morgan fingerprint density at radius 2 is 2.00 bits per heavy atom. The monoisotopic (exact) mass is 448 g/mol. The lowest BCUT2D eigenvalue weighted by molar-refractivity contribution is 0.1000. The number of amides is 1. The van der Waals surface area contributed by atoms with Crippen LogP contribution in [0.15, 0.2) is 66.9 Å². The maximum Gasteiger partial charge on any atom is 0.248 e. The minimum Gasteiger partial charge on any atom is -0.507 e. The Balaban J connectivity index is 0.000000207. The molecule has 0 saturated carbocycles. The number of fused-ring (bicyclic) bond motifs is 1. The van der Waals surface area contributed by atoms with Gasteiger partial charge >= 0.3 is 0 Å². The quantitative estimate of drug-likeness (QED) is 0.388. The van der Waals surface area contributed by atoms with E-state index in [1.54, 1.807) is 12.1 Å². The summed E-state index contributed by atoms with van der Waals surface area (Å²) in [5, 5.41) is 26.5. The summed E-state index contributed by atoms with van der Waals surface area (Å²) < 4.78 is 15.3. The second-order valence-electron chi connectivity index (χ2n) is 6.81. The fourth-order valence-electron chi connectivity index (χ4n) is 3.14. The summed E-state index contributed by atoms with van der Waals surface area (Å²) >= 11 is 6.11. The molecule has 0 aliphatic carbocycles. The SMILES string of the molecule is N#Cc1cc(C(N)=O)ccc1O.N=Cc1cccc2c1ccn2Cc1cc(F)ccc1Cl. The van der Waals surface area contributed by atoms with Crippen molar-refractivity contribution in [3.8, 4) is 11.8 Å². The molecule has 0 spiro atoms. The van der Waals surface area contributed by atoms with Crippen LogP contribution in [0.5, 0.6) is 5.75 Å². The largest absolute Gasteiger partial charge is 0.507 e. The molecule has 1 heterocycles. The number of nitrogens with two attached hydrogens (primary N) is 1. The maximum atomic E-state index is 13.3. The number of carbonyl (C=O) groups is 1. The molecule has 4 rings (SSSR count). The van der Waals surface area contributed by atoms with Gasteiger partial charge in [-0.05, 0) is 54.1 Å². The zero-order chi connectivity index (χ0) is 23.3. The van der Waals surface area contributed by atoms with Crippen LogP contribution in [0.1, 0.15) is 27.0 Å². The molecule has 0 bridgehead atoms. The second-order valence-corrected chi connectivity index (χ2v) is 7.22. The van der Waals surface area contributed by atoms with E-state index in [2.05, 4.69) is 0 Å². The fourth-order valence-corrected chi connectivity index (χ4v) is 3.32. The summed E-state index contributed by atoms with van der Waals surface area (Å²) in [6.07, 6.45) is 3.26. The van der Waals surface area contributed by atoms with Crippen molar-refractivity contribution < 1.29 is 14.3 Å². The van der Waals surface area contributed by atoms with Gasteiger partial charge in [0.15, 0.2) is 0 Å². The van der Waals surface area contributed by atoms with Crippen LogP contribution in [0.25, 0.3) is 10.9 Å². The molecule has 6 nitrogen and oxygen atoms in total. The highest BCUT2D eigenvalue weighted by molar-refractivity contribution is 6.31. The molecule has 0 atom stereocenters. The normalized spacial score (nSPS) is 10.2. The molecule has 0 unspecified atom stereocenters. The van der Waals surface area contributed by atoms with E-state index in [-0.39, 0.29) is 22.7 Å². The fraction of sp³-hybridized carbons (Fsp3) is 0.0417. The van der Waals surface area contributed by atoms with Crippen LogP contribution >= 0.6 is 11.6 Å². The lowest BCUT2D eigenvalue weighted by Gasteiger charge is -2.08. The highest BCUT2D eigenvalue weighted by atomic mass is 35.5. The third-order valence-electron chi connectivity index (χ3n) is 4.75. The predicted molar refractivity (Wildman–Crippen MR) is 122 cm³/mol. The van der Waals surface area contributed by atoms with Gasteiger partial charge in [0.25, 0.3) is 0 Å². The highest BCUT2D eigenvalue weighted by Crippen LogP contribution is 2.23. The molecule has 160 valence electrons. The van der Waals surface area contributed by atoms with Crippen molar-refractivity contribution in [1.29, 1.82) is 10.7 Å². The number of aromatic nitrogens is 1. The van der Waals surface area contributed by atoms with E-state index < -0.39 is 5.91 Å². The van der Waals surface area contributed by atoms with Crippen LogP contribution in [0, 0.1) is 22.6 Å². The molecule has 0 saturated heterocycles. The van der Waals surface area contributed by atoms with E-state index in [0.29, 0.717) is 11.6 Å². The van der Waals surface area contributed by atoms with Crippen LogP contribution in [0.2, 0.25) is 5.02 Å². The van der Waals surface area contributed by atoms with Gasteiger partial charge in [-0.15, -0.1) is 0 Å². The van der Waals surface area contributed by atoms with Gasteiger partial charge in [-0.2, -0.15) is 5.26 Å². The molecule has 3 aromatic carbocycles. The summed E-state index contributed by atoms with van der Waals surface area (Å²) in [5.41, 5.74) is 7.83. The van der Waals surface area contributed by atoms with Gasteiger partial charge in [0.05, 0.1) is 5.56 Å². The van der Waals surface area contributed by atoms with E-state index in [1.165, 1.54) is 36.5 Å². The highest BCUT2D eigenvalue weighted by Gasteiger charge is 2.08. The van der Waals surface area contributed by atoms with Gasteiger partial charge in [-0.3, -0.25) is 4.79 Å². The van der Waals surface area contributed by atoms with Crippen molar-refractivity contribution in [3.63, 3.8) is 0 Å². The van der Waals surface area contributed by atoms with Crippen molar-refractivity contribution in [1.82, 2.24) is 4.57 Å². The Morgan fingerprint density at radius 1 is 1.22 bits per heavy atom. The number of rotatable bonds is 4. The van der Waals surface area contributed by atoms with Crippen LogP contribution < -0.4 is 5.73 Å². The molecule has 0 fully saturated rings. The van der Waals surface area contributed by atoms with E-state index in [9.17, 15) is 9.18 Å². The third-order valence-corrected chi connectivity index (χ3v) is 5.12. The lowest BCUT2D eigenvalue weighted by atomic mass is 10.1. The first-order chi connectivity index (χ1) is 15.3. The topological polar surface area (TPSA) is 116 Å². The van der Waals surface area contributed by atoms with Crippen LogP contribution in [-0.4, -0.2) is 21.8 Å². The summed E-state index contributed by atoms with van der Waals surface area (Å²) in [5.74, 6) is -1.06. The van der Waals surface area contributed by atoms with Gasteiger partial charge in [-0.1, -0.05) is 23.7 Å². The van der Waals surface area contributed by atoms with Gasteiger partial charge in [0.2, 0.25) is 5.91 Å². The molecule has 0 aliphatic rings. The summed E-state index contributed by atoms with van der Waals surface area (Å²) in [6.45, 7) is 0.502. The van der Waals surface area contributed by atoms with Gasteiger partial charge in [0, 0.05) is 46.0 Å². The van der Waals surface area contributed by atoms with E-state index >= 15 is 0 Å². The molecule has 1 amide bonds. The van der Waals surface area contributed by atoms with Gasteiger partial charge in [-0.25, -0.2) is 4.39 Å². The number of aromatic hydroxyl groups is 1. The average molecular weight is 449 g/mol. The van der Waals surface area contributed by atoms with Crippen molar-refractivity contribution in [2.75, 3.05) is 0 Å².